The number of benzene rings is 1. The second-order valence-electron chi connectivity index (χ2n) is 3.04. The van der Waals surface area contributed by atoms with Gasteiger partial charge in [-0.25, -0.2) is 0 Å². The molecule has 0 saturated carbocycles. The summed E-state index contributed by atoms with van der Waals surface area (Å²) in [4.78, 5) is 0. The SMILES string of the molecule is C[C@H](OS(C)(=O)=O)c1cccc(O)c1. The molecule has 0 unspecified atom stereocenters. The van der Waals surface area contributed by atoms with Gasteiger partial charge >= 0.3 is 0 Å². The van der Waals surface area contributed by atoms with E-state index in [0.29, 0.717) is 5.56 Å². The molecule has 0 aliphatic carbocycles. The topological polar surface area (TPSA) is 63.6 Å². The average Bonchev–Trinajstić information content (AvgIpc) is 2.01. The van der Waals surface area contributed by atoms with E-state index in [-0.39, 0.29) is 5.75 Å². The molecule has 0 aliphatic rings. The molecule has 1 aromatic carbocycles. The molecule has 0 heterocycles. The highest BCUT2D eigenvalue weighted by molar-refractivity contribution is 7.86. The van der Waals surface area contributed by atoms with Crippen molar-refractivity contribution in [2.75, 3.05) is 6.26 Å². The Labute approximate surface area is 83.3 Å². The second kappa shape index (κ2) is 3.98. The summed E-state index contributed by atoms with van der Waals surface area (Å²) in [6.07, 6.45) is 0.406. The van der Waals surface area contributed by atoms with Gasteiger partial charge in [0.2, 0.25) is 0 Å². The molecule has 1 N–H and O–H groups in total. The van der Waals surface area contributed by atoms with Gasteiger partial charge in [-0.3, -0.25) is 4.18 Å². The minimum atomic E-state index is -3.47. The Morgan fingerprint density at radius 1 is 1.43 bits per heavy atom. The zero-order chi connectivity index (χ0) is 10.8. The van der Waals surface area contributed by atoms with E-state index < -0.39 is 16.2 Å². The first-order valence-electron chi connectivity index (χ1n) is 4.05. The Bertz CT molecular complexity index is 411. The maximum absolute atomic E-state index is 10.8. The molecule has 1 atom stereocenters. The van der Waals surface area contributed by atoms with Gasteiger partial charge in [-0.15, -0.1) is 0 Å². The molecule has 0 saturated heterocycles. The third kappa shape index (κ3) is 3.35. The zero-order valence-corrected chi connectivity index (χ0v) is 8.78. The van der Waals surface area contributed by atoms with Gasteiger partial charge in [0.1, 0.15) is 5.75 Å². The Morgan fingerprint density at radius 3 is 2.57 bits per heavy atom. The van der Waals surface area contributed by atoms with Gasteiger partial charge in [0.15, 0.2) is 0 Å². The Hall–Kier alpha value is -1.07. The molecule has 0 aromatic heterocycles. The van der Waals surface area contributed by atoms with Gasteiger partial charge in [-0.05, 0) is 24.6 Å². The first-order chi connectivity index (χ1) is 6.38. The maximum atomic E-state index is 10.8. The monoisotopic (exact) mass is 216 g/mol. The molecule has 0 spiro atoms. The lowest BCUT2D eigenvalue weighted by molar-refractivity contribution is 0.236. The summed E-state index contributed by atoms with van der Waals surface area (Å²) in [6.45, 7) is 1.61. The lowest BCUT2D eigenvalue weighted by Crippen LogP contribution is -2.07. The van der Waals surface area contributed by atoms with Crippen LogP contribution in [0.3, 0.4) is 0 Å². The standard InChI is InChI=1S/C9H12O4S/c1-7(13-14(2,11)12)8-4-3-5-9(10)6-8/h3-7,10H,1-2H3/t7-/m0/s1. The quantitative estimate of drug-likeness (QED) is 0.776. The molecule has 0 aliphatic heterocycles. The van der Waals surface area contributed by atoms with Gasteiger partial charge in [0, 0.05) is 0 Å². The van der Waals surface area contributed by atoms with Crippen LogP contribution < -0.4 is 0 Å². The minimum absolute atomic E-state index is 0.0893. The van der Waals surface area contributed by atoms with Gasteiger partial charge in [0.05, 0.1) is 12.4 Å². The lowest BCUT2D eigenvalue weighted by atomic mass is 10.1. The van der Waals surface area contributed by atoms with Crippen molar-refractivity contribution in [1.29, 1.82) is 0 Å². The van der Waals surface area contributed by atoms with E-state index in [1.54, 1.807) is 19.1 Å². The highest BCUT2D eigenvalue weighted by atomic mass is 32.2. The van der Waals surface area contributed by atoms with E-state index in [1.807, 2.05) is 0 Å². The summed E-state index contributed by atoms with van der Waals surface area (Å²) < 4.78 is 26.4. The van der Waals surface area contributed by atoms with E-state index in [1.165, 1.54) is 12.1 Å². The lowest BCUT2D eigenvalue weighted by Gasteiger charge is -2.11. The molecule has 0 radical (unpaired) electrons. The summed E-state index contributed by atoms with van der Waals surface area (Å²) in [5.41, 5.74) is 0.621. The van der Waals surface area contributed by atoms with Crippen LogP contribution in [0, 0.1) is 0 Å². The van der Waals surface area contributed by atoms with Crippen molar-refractivity contribution < 1.29 is 17.7 Å². The number of rotatable bonds is 3. The van der Waals surface area contributed by atoms with Gasteiger partial charge in [0.25, 0.3) is 10.1 Å². The van der Waals surface area contributed by atoms with Crippen LogP contribution in [-0.2, 0) is 14.3 Å². The molecule has 14 heavy (non-hydrogen) atoms. The maximum Gasteiger partial charge on any atom is 0.264 e. The third-order valence-electron chi connectivity index (χ3n) is 1.66. The first kappa shape index (κ1) is 11.0. The van der Waals surface area contributed by atoms with E-state index in [2.05, 4.69) is 0 Å². The fourth-order valence-corrected chi connectivity index (χ4v) is 1.73. The predicted octanol–water partition coefficient (Wildman–Crippen LogP) is 1.43. The van der Waals surface area contributed by atoms with Crippen LogP contribution in [-0.4, -0.2) is 19.8 Å². The molecule has 0 fully saturated rings. The van der Waals surface area contributed by atoms with Gasteiger partial charge in [-0.2, -0.15) is 8.42 Å². The highest BCUT2D eigenvalue weighted by Crippen LogP contribution is 2.21. The van der Waals surface area contributed by atoms with Crippen molar-refractivity contribution >= 4 is 10.1 Å². The van der Waals surface area contributed by atoms with Crippen LogP contribution in [0.15, 0.2) is 24.3 Å². The number of phenols is 1. The number of hydrogen-bond donors (Lipinski definition) is 1. The molecular weight excluding hydrogens is 204 g/mol. The molecular formula is C9H12O4S. The fraction of sp³-hybridized carbons (Fsp3) is 0.333. The Morgan fingerprint density at radius 2 is 2.07 bits per heavy atom. The van der Waals surface area contributed by atoms with E-state index in [9.17, 15) is 8.42 Å². The second-order valence-corrected chi connectivity index (χ2v) is 4.64. The van der Waals surface area contributed by atoms with Crippen molar-refractivity contribution in [3.8, 4) is 5.75 Å². The van der Waals surface area contributed by atoms with Crippen molar-refractivity contribution in [2.24, 2.45) is 0 Å². The normalized spacial score (nSPS) is 13.9. The molecule has 4 nitrogen and oxygen atoms in total. The van der Waals surface area contributed by atoms with Crippen LogP contribution >= 0.6 is 0 Å². The molecule has 78 valence electrons. The van der Waals surface area contributed by atoms with E-state index >= 15 is 0 Å². The van der Waals surface area contributed by atoms with Crippen LogP contribution in [0.25, 0.3) is 0 Å². The summed E-state index contributed by atoms with van der Waals surface area (Å²) in [7, 11) is -3.47. The molecule has 1 rings (SSSR count). The van der Waals surface area contributed by atoms with Gasteiger partial charge in [-0.1, -0.05) is 12.1 Å². The van der Waals surface area contributed by atoms with Crippen molar-refractivity contribution in [3.63, 3.8) is 0 Å². The minimum Gasteiger partial charge on any atom is -0.508 e. The van der Waals surface area contributed by atoms with Crippen molar-refractivity contribution in [3.05, 3.63) is 29.8 Å². The highest BCUT2D eigenvalue weighted by Gasteiger charge is 2.12. The zero-order valence-electron chi connectivity index (χ0n) is 7.97. The summed E-state index contributed by atoms with van der Waals surface area (Å²) in [6, 6.07) is 6.30. The van der Waals surface area contributed by atoms with E-state index in [0.717, 1.165) is 6.26 Å². The Kier molecular flexibility index (Phi) is 3.13. The van der Waals surface area contributed by atoms with Crippen LogP contribution in [0.2, 0.25) is 0 Å². The van der Waals surface area contributed by atoms with Crippen LogP contribution in [0.4, 0.5) is 0 Å². The number of phenolic OH excluding ortho intramolecular Hbond substituents is 1. The predicted molar refractivity (Wildman–Crippen MR) is 52.5 cm³/mol. The molecule has 1 aromatic rings. The smallest absolute Gasteiger partial charge is 0.264 e. The average molecular weight is 216 g/mol. The first-order valence-corrected chi connectivity index (χ1v) is 5.87. The van der Waals surface area contributed by atoms with Crippen molar-refractivity contribution in [2.45, 2.75) is 13.0 Å². The third-order valence-corrected chi connectivity index (χ3v) is 2.30. The van der Waals surface area contributed by atoms with Crippen molar-refractivity contribution in [1.82, 2.24) is 0 Å². The molecule has 0 bridgehead atoms. The molecule has 0 amide bonds. The molecule has 5 heteroatoms. The number of aromatic hydroxyl groups is 1. The van der Waals surface area contributed by atoms with Gasteiger partial charge < -0.3 is 5.11 Å². The summed E-state index contributed by atoms with van der Waals surface area (Å²) in [5.74, 6) is 0.0893. The van der Waals surface area contributed by atoms with Crippen LogP contribution in [0.5, 0.6) is 5.75 Å². The number of hydrogen-bond acceptors (Lipinski definition) is 4. The van der Waals surface area contributed by atoms with Crippen LogP contribution in [0.1, 0.15) is 18.6 Å². The Balaban J connectivity index is 2.85. The van der Waals surface area contributed by atoms with E-state index in [4.69, 9.17) is 9.29 Å². The summed E-state index contributed by atoms with van der Waals surface area (Å²) >= 11 is 0. The summed E-state index contributed by atoms with van der Waals surface area (Å²) in [5, 5.41) is 9.16. The largest absolute Gasteiger partial charge is 0.508 e. The fourth-order valence-electron chi connectivity index (χ4n) is 1.10.